The molecule has 40 heavy (non-hydrogen) atoms. The molecule has 0 unspecified atom stereocenters. The smallest absolute Gasteiger partial charge is 0.146 e. The van der Waals surface area contributed by atoms with Gasteiger partial charge in [-0.1, -0.05) is 109 Å². The number of hydrogen-bond acceptors (Lipinski definition) is 2. The van der Waals surface area contributed by atoms with Crippen molar-refractivity contribution >= 4 is 65.2 Å². The molecular weight excluding hydrogens is 488 g/mol. The molecule has 0 aliphatic heterocycles. The molecule has 0 atom stereocenters. The Morgan fingerprint density at radius 3 is 1.85 bits per heavy atom. The highest BCUT2D eigenvalue weighted by molar-refractivity contribution is 6.27. The van der Waals surface area contributed by atoms with E-state index in [0.29, 0.717) is 27.5 Å². The lowest BCUT2D eigenvalue weighted by Gasteiger charge is -2.18. The summed E-state index contributed by atoms with van der Waals surface area (Å²) >= 11 is 0. The van der Waals surface area contributed by atoms with Gasteiger partial charge in [0.25, 0.3) is 0 Å². The van der Waals surface area contributed by atoms with Gasteiger partial charge in [-0.05, 0) is 61.6 Å². The van der Waals surface area contributed by atoms with Gasteiger partial charge in [0.15, 0.2) is 0 Å². The molecule has 0 bridgehead atoms. The zero-order valence-electron chi connectivity index (χ0n) is 35.4. The molecule has 9 aromatic rings. The van der Waals surface area contributed by atoms with Crippen molar-refractivity contribution in [3.63, 3.8) is 0 Å². The van der Waals surface area contributed by atoms with Crippen LogP contribution in [0.1, 0.15) is 20.6 Å². The molecule has 0 N–H and O–H groups in total. The number of furan rings is 2. The van der Waals surface area contributed by atoms with Crippen molar-refractivity contribution in [3.05, 3.63) is 133 Å². The highest BCUT2D eigenvalue weighted by Crippen LogP contribution is 2.48. The molecule has 0 aliphatic carbocycles. The highest BCUT2D eigenvalue weighted by Gasteiger charge is 2.22. The maximum Gasteiger partial charge on any atom is 0.146 e. The van der Waals surface area contributed by atoms with Crippen molar-refractivity contribution in [1.29, 1.82) is 0 Å². The summed E-state index contributed by atoms with van der Waals surface area (Å²) in [6.07, 6.45) is 1.33. The van der Waals surface area contributed by atoms with E-state index in [-0.39, 0.29) is 38.2 Å². The maximum absolute atomic E-state index is 9.31. The quantitative estimate of drug-likeness (QED) is 0.210. The van der Waals surface area contributed by atoms with Crippen molar-refractivity contribution in [2.45, 2.75) is 0 Å². The van der Waals surface area contributed by atoms with Gasteiger partial charge in [0.1, 0.15) is 16.7 Å². The fourth-order valence-corrected chi connectivity index (χ4v) is 5.64. The van der Waals surface area contributed by atoms with Crippen molar-refractivity contribution < 1.29 is 29.4 Å². The average molecular weight is 526 g/mol. The van der Waals surface area contributed by atoms with Crippen LogP contribution in [-0.2, 0) is 0 Å². The summed E-state index contributed by atoms with van der Waals surface area (Å²) < 4.78 is 146. The largest absolute Gasteiger partial charge is 0.463 e. The van der Waals surface area contributed by atoms with E-state index < -0.39 is 107 Å². The van der Waals surface area contributed by atoms with Crippen LogP contribution in [0.15, 0.2) is 142 Å². The molecule has 0 spiro atoms. The molecule has 186 valence electrons. The van der Waals surface area contributed by atoms with Crippen LogP contribution >= 0.6 is 0 Å². The van der Waals surface area contributed by atoms with E-state index in [1.54, 1.807) is 18.2 Å². The molecule has 0 saturated carbocycles. The predicted molar refractivity (Wildman–Crippen MR) is 167 cm³/mol. The van der Waals surface area contributed by atoms with E-state index >= 15 is 0 Å². The number of hydrogen-bond donors (Lipinski definition) is 0. The van der Waals surface area contributed by atoms with Gasteiger partial charge < -0.3 is 8.83 Å². The van der Waals surface area contributed by atoms with E-state index in [2.05, 4.69) is 0 Å². The lowest BCUT2D eigenvalue weighted by atomic mass is 9.84. The molecule has 9 rings (SSSR count). The summed E-state index contributed by atoms with van der Waals surface area (Å²) in [6.45, 7) is 0. The lowest BCUT2D eigenvalue weighted by molar-refractivity contribution is 0.619. The summed E-state index contributed by atoms with van der Waals surface area (Å²) in [4.78, 5) is 0. The first-order valence-electron chi connectivity index (χ1n) is 19.9. The minimum absolute atomic E-state index is 0.0420. The third-order valence-electron chi connectivity index (χ3n) is 7.29. The van der Waals surface area contributed by atoms with Crippen molar-refractivity contribution in [2.75, 3.05) is 0 Å². The molecule has 2 heteroatoms. The lowest BCUT2D eigenvalue weighted by Crippen LogP contribution is -1.91. The third kappa shape index (κ3) is 2.88. The Morgan fingerprint density at radius 2 is 1.10 bits per heavy atom. The van der Waals surface area contributed by atoms with Gasteiger partial charge in [-0.15, -0.1) is 0 Å². The Balaban J connectivity index is 1.62. The minimum Gasteiger partial charge on any atom is -0.463 e. The Kier molecular flexibility index (Phi) is 2.39. The first-order valence-corrected chi connectivity index (χ1v) is 12.4. The number of rotatable bonds is 2. The number of fused-ring (bicyclic) bond motifs is 8. The van der Waals surface area contributed by atoms with Crippen molar-refractivity contribution in [1.82, 2.24) is 0 Å². The minimum atomic E-state index is -0.767. The average Bonchev–Trinajstić information content (AvgIpc) is 3.78. The Hall–Kier alpha value is -5.34. The summed E-state index contributed by atoms with van der Waals surface area (Å²) in [5, 5.41) is -0.235. The summed E-state index contributed by atoms with van der Waals surface area (Å²) in [6, 6.07) is 0.215. The van der Waals surface area contributed by atoms with Gasteiger partial charge in [0.2, 0.25) is 0 Å². The van der Waals surface area contributed by atoms with Crippen LogP contribution in [0.2, 0.25) is 0 Å². The molecule has 0 fully saturated rings. The standard InChI is InChI=1S/C38H22O2/c1-2-12-24-23(10-1)11-9-18-25(24)35-26-13-3-5-15-28(26)36(29-16-6-4-14-27(29)35)32-22-39-38-30(32)20-21-34-37(38)31-17-7-8-19-33(31)40-34/h1-22H/i1D,2D,3D,4D,5D,6D,9D,10D,11D,12D,13D,14D,15D,16D,18D. The van der Waals surface area contributed by atoms with Crippen molar-refractivity contribution in [2.24, 2.45) is 0 Å². The van der Waals surface area contributed by atoms with Crippen LogP contribution in [0.4, 0.5) is 0 Å². The molecule has 7 aromatic carbocycles. The van der Waals surface area contributed by atoms with E-state index in [4.69, 9.17) is 22.5 Å². The Labute approximate surface area is 250 Å². The van der Waals surface area contributed by atoms with Crippen LogP contribution in [-0.4, -0.2) is 0 Å². The molecular formula is C38H22O2. The fourth-order valence-electron chi connectivity index (χ4n) is 5.64. The zero-order valence-corrected chi connectivity index (χ0v) is 20.4. The van der Waals surface area contributed by atoms with Crippen LogP contribution in [0.3, 0.4) is 0 Å². The SMILES string of the molecule is [2H]c1c([2H])c([2H])c2c(-c3c4c([2H])c([2H])c([2H])c([2H])c4c(-c4coc5c4ccc4oc6ccccc6c45)c4c([2H])c([2H])c([2H])c([2H])c34)c([2H])c([2H])c([2H])c2c1[2H]. The summed E-state index contributed by atoms with van der Waals surface area (Å²) in [7, 11) is 0. The fraction of sp³-hybridized carbons (Fsp3) is 0. The van der Waals surface area contributed by atoms with E-state index in [1.165, 1.54) is 6.26 Å². The highest BCUT2D eigenvalue weighted by atomic mass is 16.3. The van der Waals surface area contributed by atoms with Gasteiger partial charge in [0, 0.05) is 21.9 Å². The van der Waals surface area contributed by atoms with Gasteiger partial charge >= 0.3 is 0 Å². The van der Waals surface area contributed by atoms with E-state index in [1.807, 2.05) is 18.2 Å². The molecule has 2 nitrogen and oxygen atoms in total. The first kappa shape index (κ1) is 11.8. The Morgan fingerprint density at radius 1 is 0.475 bits per heavy atom. The van der Waals surface area contributed by atoms with Crippen molar-refractivity contribution in [3.8, 4) is 22.3 Å². The van der Waals surface area contributed by atoms with Crippen LogP contribution in [0, 0.1) is 0 Å². The van der Waals surface area contributed by atoms with Gasteiger partial charge in [0.05, 0.1) is 32.2 Å². The van der Waals surface area contributed by atoms with E-state index in [9.17, 15) is 6.85 Å². The second-order valence-corrected chi connectivity index (χ2v) is 9.31. The zero-order chi connectivity index (χ0) is 39.3. The normalized spacial score (nSPS) is 17.2. The third-order valence-corrected chi connectivity index (χ3v) is 7.29. The van der Waals surface area contributed by atoms with E-state index in [0.717, 1.165) is 5.39 Å². The number of benzene rings is 7. The molecule has 0 radical (unpaired) electrons. The molecule has 2 heterocycles. The number of para-hydroxylation sites is 1. The molecule has 0 saturated heterocycles. The van der Waals surface area contributed by atoms with Gasteiger partial charge in [-0.25, -0.2) is 0 Å². The monoisotopic (exact) mass is 525 g/mol. The molecule has 0 amide bonds. The van der Waals surface area contributed by atoms with Crippen LogP contribution in [0.5, 0.6) is 0 Å². The van der Waals surface area contributed by atoms with Crippen LogP contribution < -0.4 is 0 Å². The second kappa shape index (κ2) is 8.08. The van der Waals surface area contributed by atoms with Gasteiger partial charge in [-0.2, -0.15) is 0 Å². The van der Waals surface area contributed by atoms with Crippen LogP contribution in [0.25, 0.3) is 87.5 Å². The Bertz CT molecular complexity index is 3180. The second-order valence-electron chi connectivity index (χ2n) is 9.31. The molecule has 2 aromatic heterocycles. The van der Waals surface area contributed by atoms with Gasteiger partial charge in [-0.3, -0.25) is 0 Å². The maximum atomic E-state index is 9.31. The topological polar surface area (TPSA) is 26.3 Å². The predicted octanol–water partition coefficient (Wildman–Crippen LogP) is 11.1. The summed E-state index contributed by atoms with van der Waals surface area (Å²) in [5.41, 5.74) is 0.742. The molecule has 0 aliphatic rings. The summed E-state index contributed by atoms with van der Waals surface area (Å²) in [5.74, 6) is 0. The first-order chi connectivity index (χ1) is 26.1.